The number of nitrogens with zero attached hydrogens (tertiary/aromatic N) is 4. The van der Waals surface area contributed by atoms with Crippen molar-refractivity contribution in [2.45, 2.75) is 13.1 Å². The van der Waals surface area contributed by atoms with Crippen molar-refractivity contribution in [2.75, 3.05) is 11.4 Å². The average Bonchev–Trinajstić information content (AvgIpc) is 2.85. The summed E-state index contributed by atoms with van der Waals surface area (Å²) in [6.07, 6.45) is 2.34. The zero-order valence-corrected chi connectivity index (χ0v) is 9.58. The van der Waals surface area contributed by atoms with Crippen molar-refractivity contribution < 1.29 is 9.18 Å². The van der Waals surface area contributed by atoms with Gasteiger partial charge in [-0.1, -0.05) is 0 Å². The van der Waals surface area contributed by atoms with Crippen LogP contribution >= 0.6 is 0 Å². The summed E-state index contributed by atoms with van der Waals surface area (Å²) in [5.41, 5.74) is 1.04. The summed E-state index contributed by atoms with van der Waals surface area (Å²) in [6.45, 7) is 2.07. The van der Waals surface area contributed by atoms with E-state index < -0.39 is 5.82 Å². The summed E-state index contributed by atoms with van der Waals surface area (Å²) in [5.74, 6) is 0.444. The Morgan fingerprint density at radius 3 is 3.00 bits per heavy atom. The molecule has 1 aromatic heterocycles. The van der Waals surface area contributed by atoms with Crippen molar-refractivity contribution in [1.82, 2.24) is 14.8 Å². The zero-order valence-electron chi connectivity index (χ0n) is 9.58. The molecule has 0 amide bonds. The summed E-state index contributed by atoms with van der Waals surface area (Å²) in [5, 5.41) is 7.84. The second kappa shape index (κ2) is 4.21. The van der Waals surface area contributed by atoms with Gasteiger partial charge in [-0.05, 0) is 18.2 Å². The van der Waals surface area contributed by atoms with E-state index in [0.717, 1.165) is 18.9 Å². The Hall–Kier alpha value is -2.24. The van der Waals surface area contributed by atoms with Crippen LogP contribution in [0.5, 0.6) is 0 Å². The standard InChI is InChI=1S/C12H11FN4O/c13-10-3-9(7-18)4-11(5-10)16-1-2-17-8-14-15-12(17)6-16/h3-5,7-8H,1-2,6H2. The number of aldehydes is 1. The largest absolute Gasteiger partial charge is 0.362 e. The van der Waals surface area contributed by atoms with Crippen LogP contribution in [0.15, 0.2) is 24.5 Å². The van der Waals surface area contributed by atoms with E-state index in [9.17, 15) is 9.18 Å². The van der Waals surface area contributed by atoms with Gasteiger partial charge in [0.25, 0.3) is 0 Å². The molecule has 2 aromatic rings. The molecule has 0 atom stereocenters. The third-order valence-corrected chi connectivity index (χ3v) is 3.04. The van der Waals surface area contributed by atoms with E-state index in [-0.39, 0.29) is 0 Å². The summed E-state index contributed by atoms with van der Waals surface area (Å²) >= 11 is 0. The van der Waals surface area contributed by atoms with E-state index in [1.807, 2.05) is 9.47 Å². The van der Waals surface area contributed by atoms with E-state index in [1.165, 1.54) is 12.1 Å². The van der Waals surface area contributed by atoms with Gasteiger partial charge in [-0.2, -0.15) is 0 Å². The maximum Gasteiger partial charge on any atom is 0.152 e. The van der Waals surface area contributed by atoms with Crippen LogP contribution in [0.25, 0.3) is 0 Å². The van der Waals surface area contributed by atoms with Gasteiger partial charge in [0.15, 0.2) is 5.82 Å². The molecule has 0 unspecified atom stereocenters. The lowest BCUT2D eigenvalue weighted by Gasteiger charge is -2.29. The minimum Gasteiger partial charge on any atom is -0.362 e. The Bertz CT molecular complexity index is 596. The number of fused-ring (bicyclic) bond motifs is 1. The number of benzene rings is 1. The summed E-state index contributed by atoms with van der Waals surface area (Å²) in [6, 6.07) is 4.34. The molecule has 0 bridgehead atoms. The van der Waals surface area contributed by atoms with Gasteiger partial charge < -0.3 is 9.47 Å². The maximum atomic E-state index is 13.4. The molecule has 92 valence electrons. The molecule has 0 saturated carbocycles. The van der Waals surface area contributed by atoms with Crippen LogP contribution in [0, 0.1) is 5.82 Å². The average molecular weight is 246 g/mol. The van der Waals surface area contributed by atoms with Crippen LogP contribution in [0.3, 0.4) is 0 Å². The first-order valence-electron chi connectivity index (χ1n) is 5.63. The Labute approximate surface area is 103 Å². The minimum absolute atomic E-state index is 0.344. The number of halogens is 1. The number of hydrogen-bond acceptors (Lipinski definition) is 4. The van der Waals surface area contributed by atoms with Crippen molar-refractivity contribution in [3.63, 3.8) is 0 Å². The lowest BCUT2D eigenvalue weighted by atomic mass is 10.2. The first kappa shape index (κ1) is 10.9. The van der Waals surface area contributed by atoms with Gasteiger partial charge in [-0.15, -0.1) is 10.2 Å². The van der Waals surface area contributed by atoms with Gasteiger partial charge in [0, 0.05) is 24.3 Å². The molecule has 1 aromatic carbocycles. The van der Waals surface area contributed by atoms with Crippen LogP contribution in [-0.4, -0.2) is 27.6 Å². The number of hydrogen-bond donors (Lipinski definition) is 0. The third kappa shape index (κ3) is 1.85. The Balaban J connectivity index is 1.92. The lowest BCUT2D eigenvalue weighted by molar-refractivity contribution is 0.112. The molecule has 0 spiro atoms. The molecule has 0 aliphatic carbocycles. The highest BCUT2D eigenvalue weighted by Crippen LogP contribution is 2.22. The molecule has 6 heteroatoms. The molecule has 0 saturated heterocycles. The van der Waals surface area contributed by atoms with Crippen LogP contribution in [0.1, 0.15) is 16.2 Å². The highest BCUT2D eigenvalue weighted by Gasteiger charge is 2.18. The number of rotatable bonds is 2. The van der Waals surface area contributed by atoms with E-state index in [1.54, 1.807) is 12.4 Å². The predicted octanol–water partition coefficient (Wildman–Crippen LogP) is 1.25. The van der Waals surface area contributed by atoms with Crippen LogP contribution in [-0.2, 0) is 13.1 Å². The number of carbonyl (C=O) groups excluding carboxylic acids is 1. The second-order valence-electron chi connectivity index (χ2n) is 4.22. The topological polar surface area (TPSA) is 51.0 Å². The molecule has 0 fully saturated rings. The van der Waals surface area contributed by atoms with Crippen molar-refractivity contribution in [3.05, 3.63) is 41.7 Å². The smallest absolute Gasteiger partial charge is 0.152 e. The fourth-order valence-electron chi connectivity index (χ4n) is 2.13. The first-order chi connectivity index (χ1) is 8.76. The van der Waals surface area contributed by atoms with Crippen LogP contribution < -0.4 is 4.90 Å². The van der Waals surface area contributed by atoms with Gasteiger partial charge in [0.2, 0.25) is 0 Å². The molecular weight excluding hydrogens is 235 g/mol. The van der Waals surface area contributed by atoms with Crippen molar-refractivity contribution in [3.8, 4) is 0 Å². The van der Waals surface area contributed by atoms with E-state index in [0.29, 0.717) is 24.1 Å². The van der Waals surface area contributed by atoms with Gasteiger partial charge in [0.1, 0.15) is 18.4 Å². The monoisotopic (exact) mass is 246 g/mol. The van der Waals surface area contributed by atoms with Gasteiger partial charge >= 0.3 is 0 Å². The molecule has 0 N–H and O–H groups in total. The molecular formula is C12H11FN4O. The maximum absolute atomic E-state index is 13.4. The van der Waals surface area contributed by atoms with Gasteiger partial charge in [0.05, 0.1) is 6.54 Å². The third-order valence-electron chi connectivity index (χ3n) is 3.04. The lowest BCUT2D eigenvalue weighted by Crippen LogP contribution is -2.33. The molecule has 18 heavy (non-hydrogen) atoms. The Kier molecular flexibility index (Phi) is 2.55. The Morgan fingerprint density at radius 1 is 1.28 bits per heavy atom. The van der Waals surface area contributed by atoms with Crippen LogP contribution in [0.2, 0.25) is 0 Å². The fourth-order valence-corrected chi connectivity index (χ4v) is 2.13. The second-order valence-corrected chi connectivity index (χ2v) is 4.22. The minimum atomic E-state index is -0.401. The van der Waals surface area contributed by atoms with E-state index in [4.69, 9.17) is 0 Å². The number of aromatic nitrogens is 3. The van der Waals surface area contributed by atoms with E-state index in [2.05, 4.69) is 10.2 Å². The highest BCUT2D eigenvalue weighted by atomic mass is 19.1. The van der Waals surface area contributed by atoms with Crippen molar-refractivity contribution >= 4 is 12.0 Å². The Morgan fingerprint density at radius 2 is 2.17 bits per heavy atom. The molecule has 3 rings (SSSR count). The molecule has 0 radical (unpaired) electrons. The molecule has 2 heterocycles. The van der Waals surface area contributed by atoms with Crippen molar-refractivity contribution in [1.29, 1.82) is 0 Å². The normalized spacial score (nSPS) is 14.4. The quantitative estimate of drug-likeness (QED) is 0.748. The summed E-state index contributed by atoms with van der Waals surface area (Å²) < 4.78 is 15.4. The molecule has 1 aliphatic rings. The number of carbonyl (C=O) groups is 1. The fraction of sp³-hybridized carbons (Fsp3) is 0.250. The summed E-state index contributed by atoms with van der Waals surface area (Å²) in [7, 11) is 0. The van der Waals surface area contributed by atoms with Gasteiger partial charge in [-0.25, -0.2) is 4.39 Å². The van der Waals surface area contributed by atoms with Crippen molar-refractivity contribution in [2.24, 2.45) is 0 Å². The highest BCUT2D eigenvalue weighted by molar-refractivity contribution is 5.77. The molecule has 1 aliphatic heterocycles. The first-order valence-corrected chi connectivity index (χ1v) is 5.63. The SMILES string of the molecule is O=Cc1cc(F)cc(N2CCn3cnnc3C2)c1. The predicted molar refractivity (Wildman–Crippen MR) is 62.9 cm³/mol. The number of anilines is 1. The van der Waals surface area contributed by atoms with E-state index >= 15 is 0 Å². The van der Waals surface area contributed by atoms with Crippen LogP contribution in [0.4, 0.5) is 10.1 Å². The van der Waals surface area contributed by atoms with Gasteiger partial charge in [-0.3, -0.25) is 4.79 Å². The molecule has 5 nitrogen and oxygen atoms in total. The zero-order chi connectivity index (χ0) is 12.5. The summed E-state index contributed by atoms with van der Waals surface area (Å²) in [4.78, 5) is 12.7.